The minimum atomic E-state index is 0.0163. The van der Waals surface area contributed by atoms with Gasteiger partial charge in [-0.2, -0.15) is 5.26 Å². The maximum absolute atomic E-state index is 11.0. The Morgan fingerprint density at radius 3 is 3.12 bits per heavy atom. The first-order chi connectivity index (χ1) is 8.19. The van der Waals surface area contributed by atoms with Crippen LogP contribution in [0.5, 0.6) is 0 Å². The summed E-state index contributed by atoms with van der Waals surface area (Å²) in [6.07, 6.45) is 0.955. The Hall–Kier alpha value is -2.02. The first-order valence-corrected chi connectivity index (χ1v) is 5.71. The van der Waals surface area contributed by atoms with E-state index in [1.807, 2.05) is 18.2 Å². The topological polar surface area (TPSA) is 56.1 Å². The fourth-order valence-electron chi connectivity index (χ4n) is 2.17. The highest BCUT2D eigenvalue weighted by molar-refractivity contribution is 5.73. The van der Waals surface area contributed by atoms with Crippen molar-refractivity contribution in [1.29, 1.82) is 5.26 Å². The van der Waals surface area contributed by atoms with Gasteiger partial charge in [0.05, 0.1) is 11.6 Å². The lowest BCUT2D eigenvalue weighted by molar-refractivity contribution is -0.119. The number of nitrogens with one attached hydrogen (secondary N) is 1. The van der Waals surface area contributed by atoms with Crippen LogP contribution < -0.4 is 10.2 Å². The van der Waals surface area contributed by atoms with E-state index in [4.69, 9.17) is 5.26 Å². The van der Waals surface area contributed by atoms with Crippen molar-refractivity contribution >= 4 is 11.6 Å². The van der Waals surface area contributed by atoms with Crippen LogP contribution in [-0.2, 0) is 4.79 Å². The molecular formula is C13H15N3O. The molecule has 0 spiro atoms. The van der Waals surface area contributed by atoms with Gasteiger partial charge >= 0.3 is 0 Å². The molecule has 2 rings (SSSR count). The van der Waals surface area contributed by atoms with E-state index in [0.717, 1.165) is 25.2 Å². The van der Waals surface area contributed by atoms with Gasteiger partial charge in [0.1, 0.15) is 0 Å². The van der Waals surface area contributed by atoms with Crippen LogP contribution in [0, 0.1) is 11.3 Å². The number of anilines is 1. The van der Waals surface area contributed by atoms with Crippen LogP contribution >= 0.6 is 0 Å². The van der Waals surface area contributed by atoms with Crippen molar-refractivity contribution in [2.45, 2.75) is 19.4 Å². The molecule has 1 aromatic carbocycles. The first kappa shape index (κ1) is 11.5. The minimum absolute atomic E-state index is 0.0163. The summed E-state index contributed by atoms with van der Waals surface area (Å²) in [6.45, 7) is 3.27. The molecule has 88 valence electrons. The molecule has 1 fully saturated rings. The Kier molecular flexibility index (Phi) is 3.29. The maximum Gasteiger partial charge on any atom is 0.217 e. The lowest BCUT2D eigenvalue weighted by atomic mass is 10.2. The summed E-state index contributed by atoms with van der Waals surface area (Å²) in [5, 5.41) is 11.8. The molecule has 4 nitrogen and oxygen atoms in total. The van der Waals surface area contributed by atoms with Crippen molar-refractivity contribution in [1.82, 2.24) is 5.32 Å². The zero-order chi connectivity index (χ0) is 12.3. The summed E-state index contributed by atoms with van der Waals surface area (Å²) in [4.78, 5) is 13.2. The molecule has 1 aliphatic rings. The lowest BCUT2D eigenvalue weighted by Gasteiger charge is -2.18. The fourth-order valence-corrected chi connectivity index (χ4v) is 2.17. The lowest BCUT2D eigenvalue weighted by Crippen LogP contribution is -2.35. The van der Waals surface area contributed by atoms with E-state index in [1.165, 1.54) is 0 Å². The third kappa shape index (κ3) is 2.76. The summed E-state index contributed by atoms with van der Waals surface area (Å²) in [6, 6.07) is 9.93. The first-order valence-electron chi connectivity index (χ1n) is 5.71. The molecule has 1 atom stereocenters. The van der Waals surface area contributed by atoms with E-state index >= 15 is 0 Å². The number of nitrogens with zero attached hydrogens (tertiary/aromatic N) is 2. The Bertz CT molecular complexity index is 464. The summed E-state index contributed by atoms with van der Waals surface area (Å²) < 4.78 is 0. The predicted molar refractivity (Wildman–Crippen MR) is 65.6 cm³/mol. The standard InChI is InChI=1S/C13H15N3O/c1-10(17)15-12-5-6-16(9-12)13-4-2-3-11(7-13)8-14/h2-4,7,12H,5-6,9H2,1H3,(H,15,17). The number of hydrogen-bond donors (Lipinski definition) is 1. The second-order valence-corrected chi connectivity index (χ2v) is 4.29. The van der Waals surface area contributed by atoms with E-state index in [-0.39, 0.29) is 11.9 Å². The van der Waals surface area contributed by atoms with Gasteiger partial charge in [0.15, 0.2) is 0 Å². The molecule has 0 aliphatic carbocycles. The highest BCUT2D eigenvalue weighted by Crippen LogP contribution is 2.21. The van der Waals surface area contributed by atoms with Crippen molar-refractivity contribution in [3.8, 4) is 6.07 Å². The number of carbonyl (C=O) groups is 1. The van der Waals surface area contributed by atoms with Gasteiger partial charge in [0.2, 0.25) is 5.91 Å². The minimum Gasteiger partial charge on any atom is -0.369 e. The second-order valence-electron chi connectivity index (χ2n) is 4.29. The SMILES string of the molecule is CC(=O)NC1CCN(c2cccc(C#N)c2)C1. The average Bonchev–Trinajstić information content (AvgIpc) is 2.77. The smallest absolute Gasteiger partial charge is 0.217 e. The highest BCUT2D eigenvalue weighted by atomic mass is 16.1. The maximum atomic E-state index is 11.0. The van der Waals surface area contributed by atoms with Crippen LogP contribution in [0.15, 0.2) is 24.3 Å². The van der Waals surface area contributed by atoms with Crippen LogP contribution in [0.25, 0.3) is 0 Å². The number of hydrogen-bond acceptors (Lipinski definition) is 3. The molecule has 1 aliphatic heterocycles. The normalized spacial score (nSPS) is 18.8. The Balaban J connectivity index is 2.05. The summed E-state index contributed by atoms with van der Waals surface area (Å²) >= 11 is 0. The van der Waals surface area contributed by atoms with Crippen LogP contribution in [0.3, 0.4) is 0 Å². The van der Waals surface area contributed by atoms with Crippen LogP contribution in [-0.4, -0.2) is 25.0 Å². The molecule has 0 radical (unpaired) electrons. The van der Waals surface area contributed by atoms with Gasteiger partial charge in [-0.1, -0.05) is 6.07 Å². The van der Waals surface area contributed by atoms with Gasteiger partial charge in [-0.15, -0.1) is 0 Å². The molecular weight excluding hydrogens is 214 g/mol. The van der Waals surface area contributed by atoms with Crippen molar-refractivity contribution < 1.29 is 4.79 Å². The molecule has 1 N–H and O–H groups in total. The molecule has 0 bridgehead atoms. The summed E-state index contributed by atoms with van der Waals surface area (Å²) in [5.74, 6) is 0.0163. The fraction of sp³-hybridized carbons (Fsp3) is 0.385. The number of nitriles is 1. The van der Waals surface area contributed by atoms with Crippen molar-refractivity contribution in [2.75, 3.05) is 18.0 Å². The largest absolute Gasteiger partial charge is 0.369 e. The zero-order valence-corrected chi connectivity index (χ0v) is 9.81. The summed E-state index contributed by atoms with van der Waals surface area (Å²) in [7, 11) is 0. The molecule has 0 aromatic heterocycles. The molecule has 0 saturated carbocycles. The zero-order valence-electron chi connectivity index (χ0n) is 9.81. The van der Waals surface area contributed by atoms with Gasteiger partial charge in [-0.3, -0.25) is 4.79 Å². The van der Waals surface area contributed by atoms with Crippen LogP contribution in [0.1, 0.15) is 18.9 Å². The molecule has 4 heteroatoms. The second kappa shape index (κ2) is 4.88. The van der Waals surface area contributed by atoms with Gasteiger partial charge in [0.25, 0.3) is 0 Å². The van der Waals surface area contributed by atoms with Crippen LogP contribution in [0.2, 0.25) is 0 Å². The molecule has 1 amide bonds. The monoisotopic (exact) mass is 229 g/mol. The van der Waals surface area contributed by atoms with E-state index in [1.54, 1.807) is 13.0 Å². The van der Waals surface area contributed by atoms with Crippen molar-refractivity contribution in [3.63, 3.8) is 0 Å². The summed E-state index contributed by atoms with van der Waals surface area (Å²) in [5.41, 5.74) is 1.72. The molecule has 1 unspecified atom stereocenters. The molecule has 17 heavy (non-hydrogen) atoms. The molecule has 1 heterocycles. The number of benzene rings is 1. The quantitative estimate of drug-likeness (QED) is 0.831. The van der Waals surface area contributed by atoms with Crippen LogP contribution in [0.4, 0.5) is 5.69 Å². The van der Waals surface area contributed by atoms with E-state index in [2.05, 4.69) is 16.3 Å². The van der Waals surface area contributed by atoms with E-state index < -0.39 is 0 Å². The van der Waals surface area contributed by atoms with Crippen molar-refractivity contribution in [3.05, 3.63) is 29.8 Å². The van der Waals surface area contributed by atoms with Gasteiger partial charge in [-0.25, -0.2) is 0 Å². The van der Waals surface area contributed by atoms with Crippen molar-refractivity contribution in [2.24, 2.45) is 0 Å². The Morgan fingerprint density at radius 2 is 2.41 bits per heavy atom. The van der Waals surface area contributed by atoms with E-state index in [0.29, 0.717) is 5.56 Å². The third-order valence-electron chi connectivity index (χ3n) is 2.94. The highest BCUT2D eigenvalue weighted by Gasteiger charge is 2.23. The Morgan fingerprint density at radius 1 is 1.59 bits per heavy atom. The van der Waals surface area contributed by atoms with Gasteiger partial charge in [-0.05, 0) is 24.6 Å². The predicted octanol–water partition coefficient (Wildman–Crippen LogP) is 1.27. The third-order valence-corrected chi connectivity index (χ3v) is 2.94. The van der Waals surface area contributed by atoms with E-state index in [9.17, 15) is 4.79 Å². The van der Waals surface area contributed by atoms with Gasteiger partial charge in [0, 0.05) is 31.7 Å². The number of rotatable bonds is 2. The van der Waals surface area contributed by atoms with Gasteiger partial charge < -0.3 is 10.2 Å². The average molecular weight is 229 g/mol. The number of amides is 1. The molecule has 1 aromatic rings. The number of carbonyl (C=O) groups excluding carboxylic acids is 1. The molecule has 1 saturated heterocycles. The Labute approximate surface area is 101 Å².